The van der Waals surface area contributed by atoms with Gasteiger partial charge in [-0.3, -0.25) is 4.79 Å². The van der Waals surface area contributed by atoms with E-state index in [0.717, 1.165) is 42.8 Å². The summed E-state index contributed by atoms with van der Waals surface area (Å²) in [6.07, 6.45) is 1.83. The van der Waals surface area contributed by atoms with Crippen molar-refractivity contribution in [3.05, 3.63) is 30.1 Å². The molecule has 1 saturated heterocycles. The third kappa shape index (κ3) is 3.54. The van der Waals surface area contributed by atoms with Gasteiger partial charge in [-0.25, -0.2) is 4.98 Å². The number of amides is 1. The number of fused-ring (bicyclic) bond motifs is 1. The van der Waals surface area contributed by atoms with Crippen LogP contribution in [0.15, 0.2) is 24.3 Å². The highest BCUT2D eigenvalue weighted by Crippen LogP contribution is 2.17. The second kappa shape index (κ2) is 6.91. The van der Waals surface area contributed by atoms with Crippen LogP contribution in [-0.4, -0.2) is 29.0 Å². The lowest BCUT2D eigenvalue weighted by Crippen LogP contribution is -2.39. The van der Waals surface area contributed by atoms with E-state index in [0.29, 0.717) is 0 Å². The van der Waals surface area contributed by atoms with Crippen molar-refractivity contribution in [2.45, 2.75) is 25.8 Å². The van der Waals surface area contributed by atoms with Crippen LogP contribution in [0.3, 0.4) is 0 Å². The summed E-state index contributed by atoms with van der Waals surface area (Å²) in [6.45, 7) is 3.82. The number of benzene rings is 1. The van der Waals surface area contributed by atoms with Gasteiger partial charge in [0.2, 0.25) is 5.91 Å². The molecule has 0 aliphatic carbocycles. The maximum Gasteiger partial charge on any atom is 0.223 e. The summed E-state index contributed by atoms with van der Waals surface area (Å²) in [6, 6.07) is 7.81. The smallest absolute Gasteiger partial charge is 0.223 e. The molecular formula is C15H21ClN4O. The molecule has 0 radical (unpaired) electrons. The Morgan fingerprint density at radius 1 is 1.33 bits per heavy atom. The van der Waals surface area contributed by atoms with Gasteiger partial charge in [-0.1, -0.05) is 12.1 Å². The van der Waals surface area contributed by atoms with Crippen LogP contribution in [0, 0.1) is 5.92 Å². The Bertz CT molecular complexity index is 573. The van der Waals surface area contributed by atoms with Gasteiger partial charge >= 0.3 is 0 Å². The second-order valence-corrected chi connectivity index (χ2v) is 5.39. The molecular weight excluding hydrogens is 288 g/mol. The van der Waals surface area contributed by atoms with Gasteiger partial charge in [0, 0.05) is 5.92 Å². The number of rotatable bonds is 3. The van der Waals surface area contributed by atoms with Crippen molar-refractivity contribution in [3.63, 3.8) is 0 Å². The first-order chi connectivity index (χ1) is 9.74. The highest BCUT2D eigenvalue weighted by molar-refractivity contribution is 5.85. The molecule has 1 atom stereocenters. The van der Waals surface area contributed by atoms with Gasteiger partial charge in [0.15, 0.2) is 0 Å². The molecule has 1 aromatic carbocycles. The average Bonchev–Trinajstić information content (AvgIpc) is 2.92. The number of para-hydroxylation sites is 2. The Hall–Kier alpha value is -1.59. The lowest BCUT2D eigenvalue weighted by Gasteiger charge is -2.23. The van der Waals surface area contributed by atoms with E-state index in [1.54, 1.807) is 0 Å². The van der Waals surface area contributed by atoms with Gasteiger partial charge in [-0.05, 0) is 45.0 Å². The van der Waals surface area contributed by atoms with E-state index in [1.807, 2.05) is 31.2 Å². The minimum absolute atomic E-state index is 0. The zero-order valence-corrected chi connectivity index (χ0v) is 12.9. The average molecular weight is 309 g/mol. The first-order valence-corrected chi connectivity index (χ1v) is 7.20. The number of carbonyl (C=O) groups excluding carboxylic acids is 1. The Balaban J connectivity index is 0.00000161. The van der Waals surface area contributed by atoms with Gasteiger partial charge in [0.25, 0.3) is 0 Å². The lowest BCUT2D eigenvalue weighted by atomic mass is 9.97. The molecule has 2 aromatic rings. The number of piperidine rings is 1. The van der Waals surface area contributed by atoms with Crippen LogP contribution in [0.2, 0.25) is 0 Å². The van der Waals surface area contributed by atoms with Crippen LogP contribution < -0.4 is 10.6 Å². The SMILES string of the molecule is CC(NC(=O)C1CCNCC1)c1nc2ccccc2[nH]1.Cl. The van der Waals surface area contributed by atoms with Gasteiger partial charge in [0.05, 0.1) is 17.1 Å². The van der Waals surface area contributed by atoms with E-state index in [9.17, 15) is 4.79 Å². The van der Waals surface area contributed by atoms with Gasteiger partial charge < -0.3 is 15.6 Å². The van der Waals surface area contributed by atoms with Crippen molar-refractivity contribution in [2.75, 3.05) is 13.1 Å². The molecule has 2 heterocycles. The molecule has 0 spiro atoms. The number of nitrogens with zero attached hydrogens (tertiary/aromatic N) is 1. The Morgan fingerprint density at radius 2 is 2.05 bits per heavy atom. The largest absolute Gasteiger partial charge is 0.346 e. The van der Waals surface area contributed by atoms with Crippen LogP contribution in [0.4, 0.5) is 0 Å². The minimum atomic E-state index is -0.0928. The van der Waals surface area contributed by atoms with Crippen LogP contribution in [0.25, 0.3) is 11.0 Å². The molecule has 0 bridgehead atoms. The number of nitrogens with one attached hydrogen (secondary N) is 3. The van der Waals surface area contributed by atoms with Crippen LogP contribution in [0.1, 0.15) is 31.6 Å². The van der Waals surface area contributed by atoms with E-state index in [4.69, 9.17) is 0 Å². The highest BCUT2D eigenvalue weighted by Gasteiger charge is 2.23. The summed E-state index contributed by atoms with van der Waals surface area (Å²) in [5, 5.41) is 6.34. The summed E-state index contributed by atoms with van der Waals surface area (Å²) in [4.78, 5) is 20.0. The third-order valence-corrected chi connectivity index (χ3v) is 3.89. The summed E-state index contributed by atoms with van der Waals surface area (Å²) in [5.74, 6) is 1.08. The summed E-state index contributed by atoms with van der Waals surface area (Å²) in [7, 11) is 0. The number of aromatic nitrogens is 2. The minimum Gasteiger partial charge on any atom is -0.346 e. The second-order valence-electron chi connectivity index (χ2n) is 5.39. The molecule has 1 aromatic heterocycles. The molecule has 1 fully saturated rings. The number of hydrogen-bond donors (Lipinski definition) is 3. The maximum absolute atomic E-state index is 12.2. The van der Waals surface area contributed by atoms with E-state index < -0.39 is 0 Å². The van der Waals surface area contributed by atoms with Crippen molar-refractivity contribution >= 4 is 29.3 Å². The molecule has 3 rings (SSSR count). The van der Waals surface area contributed by atoms with Gasteiger partial charge in [-0.15, -0.1) is 12.4 Å². The lowest BCUT2D eigenvalue weighted by molar-refractivity contribution is -0.126. The van der Waals surface area contributed by atoms with Crippen molar-refractivity contribution in [1.29, 1.82) is 0 Å². The Morgan fingerprint density at radius 3 is 2.76 bits per heavy atom. The fraction of sp³-hybridized carbons (Fsp3) is 0.467. The van der Waals surface area contributed by atoms with Crippen molar-refractivity contribution in [2.24, 2.45) is 5.92 Å². The van der Waals surface area contributed by atoms with E-state index in [-0.39, 0.29) is 30.3 Å². The molecule has 1 aliphatic heterocycles. The number of halogens is 1. The molecule has 114 valence electrons. The van der Waals surface area contributed by atoms with E-state index in [1.165, 1.54) is 0 Å². The zero-order chi connectivity index (χ0) is 13.9. The van der Waals surface area contributed by atoms with Gasteiger partial charge in [0.1, 0.15) is 5.82 Å². The monoisotopic (exact) mass is 308 g/mol. The van der Waals surface area contributed by atoms with Gasteiger partial charge in [-0.2, -0.15) is 0 Å². The van der Waals surface area contributed by atoms with E-state index >= 15 is 0 Å². The molecule has 1 unspecified atom stereocenters. The zero-order valence-electron chi connectivity index (χ0n) is 12.1. The number of H-pyrrole nitrogens is 1. The number of hydrogen-bond acceptors (Lipinski definition) is 3. The molecule has 3 N–H and O–H groups in total. The number of imidazole rings is 1. The fourth-order valence-corrected chi connectivity index (χ4v) is 2.66. The summed E-state index contributed by atoms with van der Waals surface area (Å²) in [5.41, 5.74) is 1.94. The summed E-state index contributed by atoms with van der Waals surface area (Å²) >= 11 is 0. The van der Waals surface area contributed by atoms with Crippen molar-refractivity contribution in [1.82, 2.24) is 20.6 Å². The predicted molar refractivity (Wildman–Crippen MR) is 85.5 cm³/mol. The predicted octanol–water partition coefficient (Wildman–Crippen LogP) is 2.16. The molecule has 1 aliphatic rings. The maximum atomic E-state index is 12.2. The number of aromatic amines is 1. The Labute approximate surface area is 130 Å². The fourth-order valence-electron chi connectivity index (χ4n) is 2.66. The molecule has 6 heteroatoms. The first kappa shape index (κ1) is 15.8. The molecule has 5 nitrogen and oxygen atoms in total. The third-order valence-electron chi connectivity index (χ3n) is 3.89. The molecule has 21 heavy (non-hydrogen) atoms. The number of carbonyl (C=O) groups is 1. The molecule has 1 amide bonds. The van der Waals surface area contributed by atoms with Crippen molar-refractivity contribution in [3.8, 4) is 0 Å². The standard InChI is InChI=1S/C15H20N4O.ClH/c1-10(17-15(20)11-6-8-16-9-7-11)14-18-12-4-2-3-5-13(12)19-14;/h2-5,10-11,16H,6-9H2,1H3,(H,17,20)(H,18,19);1H. The van der Waals surface area contributed by atoms with Crippen LogP contribution >= 0.6 is 12.4 Å². The first-order valence-electron chi connectivity index (χ1n) is 7.20. The normalized spacial score (nSPS) is 17.2. The Kier molecular flexibility index (Phi) is 5.20. The van der Waals surface area contributed by atoms with Crippen molar-refractivity contribution < 1.29 is 4.79 Å². The molecule has 0 saturated carbocycles. The van der Waals surface area contributed by atoms with Crippen LogP contribution in [-0.2, 0) is 4.79 Å². The quantitative estimate of drug-likeness (QED) is 0.814. The highest BCUT2D eigenvalue weighted by atomic mass is 35.5. The summed E-state index contributed by atoms with van der Waals surface area (Å²) < 4.78 is 0. The van der Waals surface area contributed by atoms with E-state index in [2.05, 4.69) is 20.6 Å². The van der Waals surface area contributed by atoms with Crippen LogP contribution in [0.5, 0.6) is 0 Å². The topological polar surface area (TPSA) is 69.8 Å².